The predicted octanol–water partition coefficient (Wildman–Crippen LogP) is 5.04. The fraction of sp³-hybridized carbons (Fsp3) is 0.261. The van der Waals surface area contributed by atoms with Crippen LogP contribution in [0.5, 0.6) is 5.75 Å². The number of halogens is 2. The molecule has 2 N–H and O–H groups in total. The standard InChI is InChI=1S/C23H23F2N3O3S/c1-2-20(22-26-14-21(27-22)15-6-4-3-5-7-15)28-32(29,30)19-11-9-16-12-18(31-23(24)25)10-8-17(16)13-19/h3-8,10,12-14,20,23,28H,2,9,11H2,1H3,(H,26,27). The van der Waals surface area contributed by atoms with Crippen LogP contribution in [0.1, 0.15) is 42.8 Å². The molecule has 4 rings (SSSR count). The number of aryl methyl sites for hydroxylation is 1. The van der Waals surface area contributed by atoms with Gasteiger partial charge >= 0.3 is 6.61 Å². The molecule has 0 amide bonds. The maximum atomic E-state index is 13.1. The summed E-state index contributed by atoms with van der Waals surface area (Å²) in [5, 5.41) is 0. The largest absolute Gasteiger partial charge is 0.435 e. The number of fused-ring (bicyclic) bond motifs is 1. The molecule has 0 saturated carbocycles. The molecule has 1 aromatic heterocycles. The molecule has 1 unspecified atom stereocenters. The van der Waals surface area contributed by atoms with Crippen molar-refractivity contribution in [2.75, 3.05) is 0 Å². The number of allylic oxidation sites excluding steroid dienone is 1. The van der Waals surface area contributed by atoms with Crippen LogP contribution in [0.4, 0.5) is 8.78 Å². The molecule has 0 saturated heterocycles. The second-order valence-corrected chi connectivity index (χ2v) is 9.25. The zero-order chi connectivity index (χ0) is 22.7. The summed E-state index contributed by atoms with van der Waals surface area (Å²) in [6.45, 7) is -1.02. The minimum absolute atomic E-state index is 0.0645. The summed E-state index contributed by atoms with van der Waals surface area (Å²) >= 11 is 0. The van der Waals surface area contributed by atoms with Crippen LogP contribution >= 0.6 is 0 Å². The summed E-state index contributed by atoms with van der Waals surface area (Å²) in [7, 11) is -3.77. The van der Waals surface area contributed by atoms with E-state index in [0.717, 1.165) is 16.8 Å². The molecular formula is C23H23F2N3O3S. The van der Waals surface area contributed by atoms with Crippen molar-refractivity contribution in [1.82, 2.24) is 14.7 Å². The first-order valence-corrected chi connectivity index (χ1v) is 11.7. The third-order valence-corrected chi connectivity index (χ3v) is 6.97. The third-order valence-electron chi connectivity index (χ3n) is 5.36. The molecule has 0 aliphatic heterocycles. The number of alkyl halides is 2. The number of imidazole rings is 1. The van der Waals surface area contributed by atoms with E-state index in [1.807, 2.05) is 37.3 Å². The number of H-pyrrole nitrogens is 1. The van der Waals surface area contributed by atoms with Crippen LogP contribution in [0.3, 0.4) is 0 Å². The van der Waals surface area contributed by atoms with Gasteiger partial charge in [0.25, 0.3) is 0 Å². The molecule has 0 fully saturated rings. The lowest BCUT2D eigenvalue weighted by atomic mass is 9.97. The van der Waals surface area contributed by atoms with Crippen molar-refractivity contribution in [3.63, 3.8) is 0 Å². The fourth-order valence-corrected chi connectivity index (χ4v) is 5.16. The normalized spacial score (nSPS) is 14.7. The molecule has 0 radical (unpaired) electrons. The minimum atomic E-state index is -3.77. The van der Waals surface area contributed by atoms with Crippen LogP contribution in [-0.4, -0.2) is 25.0 Å². The van der Waals surface area contributed by atoms with Gasteiger partial charge in [0.05, 0.1) is 22.8 Å². The molecule has 0 bridgehead atoms. The van der Waals surface area contributed by atoms with E-state index >= 15 is 0 Å². The summed E-state index contributed by atoms with van der Waals surface area (Å²) in [5.74, 6) is 0.607. The Morgan fingerprint density at radius 1 is 1.16 bits per heavy atom. The zero-order valence-electron chi connectivity index (χ0n) is 17.4. The average molecular weight is 460 g/mol. The average Bonchev–Trinajstić information content (AvgIpc) is 3.27. The Morgan fingerprint density at radius 3 is 2.66 bits per heavy atom. The topological polar surface area (TPSA) is 84.1 Å². The number of aromatic nitrogens is 2. The molecule has 2 aromatic carbocycles. The van der Waals surface area contributed by atoms with Crippen molar-refractivity contribution < 1.29 is 21.9 Å². The van der Waals surface area contributed by atoms with Gasteiger partial charge < -0.3 is 9.72 Å². The lowest BCUT2D eigenvalue weighted by molar-refractivity contribution is -0.0498. The van der Waals surface area contributed by atoms with Crippen molar-refractivity contribution in [3.05, 3.63) is 76.6 Å². The van der Waals surface area contributed by atoms with Crippen molar-refractivity contribution >= 4 is 16.1 Å². The number of ether oxygens (including phenoxy) is 1. The van der Waals surface area contributed by atoms with Crippen LogP contribution in [0.2, 0.25) is 0 Å². The van der Waals surface area contributed by atoms with E-state index in [-0.39, 0.29) is 17.1 Å². The van der Waals surface area contributed by atoms with Gasteiger partial charge in [-0.1, -0.05) is 43.3 Å². The van der Waals surface area contributed by atoms with E-state index in [9.17, 15) is 17.2 Å². The molecule has 9 heteroatoms. The molecule has 168 valence electrons. The molecule has 32 heavy (non-hydrogen) atoms. The Morgan fingerprint density at radius 2 is 1.94 bits per heavy atom. The van der Waals surface area contributed by atoms with E-state index in [2.05, 4.69) is 19.4 Å². The van der Waals surface area contributed by atoms with Crippen LogP contribution < -0.4 is 9.46 Å². The maximum Gasteiger partial charge on any atom is 0.387 e. The van der Waals surface area contributed by atoms with Crippen LogP contribution in [0.25, 0.3) is 17.3 Å². The van der Waals surface area contributed by atoms with Gasteiger partial charge in [-0.3, -0.25) is 0 Å². The molecule has 1 heterocycles. The fourth-order valence-electron chi connectivity index (χ4n) is 3.70. The SMILES string of the molecule is CCC(NS(=O)(=O)C1=Cc2ccc(OC(F)F)cc2CC1)c1ncc(-c2ccccc2)[nH]1. The highest BCUT2D eigenvalue weighted by Crippen LogP contribution is 2.31. The second-order valence-electron chi connectivity index (χ2n) is 7.48. The quantitative estimate of drug-likeness (QED) is 0.495. The molecule has 3 aromatic rings. The number of benzene rings is 2. The van der Waals surface area contributed by atoms with Crippen molar-refractivity contribution in [2.45, 2.75) is 38.8 Å². The van der Waals surface area contributed by atoms with Gasteiger partial charge in [0.15, 0.2) is 0 Å². The molecule has 1 aliphatic carbocycles. The van der Waals surface area contributed by atoms with Crippen molar-refractivity contribution in [2.24, 2.45) is 0 Å². The lowest BCUT2D eigenvalue weighted by Crippen LogP contribution is -2.30. The van der Waals surface area contributed by atoms with Gasteiger partial charge in [-0.2, -0.15) is 8.78 Å². The van der Waals surface area contributed by atoms with Gasteiger partial charge in [0.2, 0.25) is 10.0 Å². The smallest absolute Gasteiger partial charge is 0.387 e. The van der Waals surface area contributed by atoms with Gasteiger partial charge in [-0.05, 0) is 54.2 Å². The second kappa shape index (κ2) is 9.22. The number of sulfonamides is 1. The van der Waals surface area contributed by atoms with Gasteiger partial charge in [-0.25, -0.2) is 18.1 Å². The van der Waals surface area contributed by atoms with E-state index in [1.165, 1.54) is 12.1 Å². The lowest BCUT2D eigenvalue weighted by Gasteiger charge is -2.20. The molecule has 6 nitrogen and oxygen atoms in total. The number of aromatic amines is 1. The Balaban J connectivity index is 1.53. The highest BCUT2D eigenvalue weighted by molar-refractivity contribution is 7.93. The van der Waals surface area contributed by atoms with Gasteiger partial charge in [0, 0.05) is 0 Å². The molecule has 0 spiro atoms. The number of rotatable bonds is 8. The van der Waals surface area contributed by atoms with Gasteiger partial charge in [0.1, 0.15) is 11.6 Å². The summed E-state index contributed by atoms with van der Waals surface area (Å²) in [6, 6.07) is 13.7. The van der Waals surface area contributed by atoms with Crippen molar-refractivity contribution in [3.8, 4) is 17.0 Å². The Kier molecular flexibility index (Phi) is 6.38. The number of hydrogen-bond acceptors (Lipinski definition) is 4. The van der Waals surface area contributed by atoms with E-state index in [1.54, 1.807) is 18.3 Å². The van der Waals surface area contributed by atoms with E-state index < -0.39 is 22.7 Å². The summed E-state index contributed by atoms with van der Waals surface area (Å²) in [5.41, 5.74) is 3.22. The first kappa shape index (κ1) is 22.2. The van der Waals surface area contributed by atoms with E-state index in [0.29, 0.717) is 24.2 Å². The minimum Gasteiger partial charge on any atom is -0.435 e. The van der Waals surface area contributed by atoms with Crippen LogP contribution in [-0.2, 0) is 16.4 Å². The summed E-state index contributed by atoms with van der Waals surface area (Å²) < 4.78 is 58.2. The highest BCUT2D eigenvalue weighted by atomic mass is 32.2. The highest BCUT2D eigenvalue weighted by Gasteiger charge is 2.26. The number of hydrogen-bond donors (Lipinski definition) is 2. The summed E-state index contributed by atoms with van der Waals surface area (Å²) in [4.78, 5) is 7.85. The Bertz CT molecular complexity index is 1220. The van der Waals surface area contributed by atoms with E-state index in [4.69, 9.17) is 0 Å². The number of nitrogens with zero attached hydrogens (tertiary/aromatic N) is 1. The third kappa shape index (κ3) is 4.89. The predicted molar refractivity (Wildman–Crippen MR) is 118 cm³/mol. The first-order valence-electron chi connectivity index (χ1n) is 10.3. The number of nitrogens with one attached hydrogen (secondary N) is 2. The Labute approximate surface area is 185 Å². The molecule has 1 atom stereocenters. The van der Waals surface area contributed by atoms with Crippen molar-refractivity contribution in [1.29, 1.82) is 0 Å². The van der Waals surface area contributed by atoms with Crippen LogP contribution in [0.15, 0.2) is 59.6 Å². The van der Waals surface area contributed by atoms with Gasteiger partial charge in [-0.15, -0.1) is 0 Å². The first-order chi connectivity index (χ1) is 15.4. The Hall–Kier alpha value is -3.04. The monoisotopic (exact) mass is 459 g/mol. The summed E-state index contributed by atoms with van der Waals surface area (Å²) in [6.07, 6.45) is 4.47. The zero-order valence-corrected chi connectivity index (χ0v) is 18.2. The van der Waals surface area contributed by atoms with Crippen LogP contribution in [0, 0.1) is 0 Å². The molecular weight excluding hydrogens is 436 g/mol. The maximum absolute atomic E-state index is 13.1. The molecule has 1 aliphatic rings.